The zero-order valence-electron chi connectivity index (χ0n) is 17.0. The summed E-state index contributed by atoms with van der Waals surface area (Å²) in [7, 11) is 1.32. The third-order valence-corrected chi connectivity index (χ3v) is 5.30. The first-order valence-corrected chi connectivity index (χ1v) is 10.2. The number of carbonyl (C=O) groups is 2. The number of ether oxygens (including phenoxy) is 2. The van der Waals surface area contributed by atoms with Gasteiger partial charge in [-0.1, -0.05) is 23.2 Å². The second-order valence-electron chi connectivity index (χ2n) is 6.59. The molecule has 10 heteroatoms. The van der Waals surface area contributed by atoms with Crippen molar-refractivity contribution < 1.29 is 23.5 Å². The fraction of sp³-hybridized carbons (Fsp3) is 0.286. The van der Waals surface area contributed by atoms with Gasteiger partial charge in [-0.2, -0.15) is 5.10 Å². The Morgan fingerprint density at radius 1 is 1.16 bits per heavy atom. The Hall–Kier alpha value is -2.97. The van der Waals surface area contributed by atoms with Crippen LogP contribution < -0.4 is 10.1 Å². The molecule has 0 atom stereocenters. The summed E-state index contributed by atoms with van der Waals surface area (Å²) in [5.41, 5.74) is 1.10. The molecule has 0 saturated carbocycles. The lowest BCUT2D eigenvalue weighted by Crippen LogP contribution is -2.25. The monoisotopic (exact) mass is 465 g/mol. The molecule has 1 amide bonds. The van der Waals surface area contributed by atoms with Gasteiger partial charge in [-0.3, -0.25) is 9.48 Å². The minimum Gasteiger partial charge on any atom is -0.486 e. The van der Waals surface area contributed by atoms with Gasteiger partial charge in [-0.05, 0) is 49.7 Å². The minimum atomic E-state index is -0.417. The Kier molecular flexibility index (Phi) is 7.59. The number of hydrogen-bond acceptors (Lipinski definition) is 6. The van der Waals surface area contributed by atoms with E-state index in [1.54, 1.807) is 48.0 Å². The lowest BCUT2D eigenvalue weighted by molar-refractivity contribution is 0.0600. The van der Waals surface area contributed by atoms with Crippen LogP contribution in [-0.4, -0.2) is 35.3 Å². The van der Waals surface area contributed by atoms with Gasteiger partial charge in [0.15, 0.2) is 5.76 Å². The van der Waals surface area contributed by atoms with E-state index in [9.17, 15) is 9.59 Å². The molecule has 2 heterocycles. The molecule has 0 bridgehead atoms. The van der Waals surface area contributed by atoms with E-state index >= 15 is 0 Å². The second-order valence-corrected chi connectivity index (χ2v) is 7.33. The van der Waals surface area contributed by atoms with Crippen LogP contribution in [-0.2, 0) is 17.9 Å². The summed E-state index contributed by atoms with van der Waals surface area (Å²) in [6.07, 6.45) is 0.626. The molecular formula is C21H21Cl2N3O5. The average Bonchev–Trinajstić information content (AvgIpc) is 3.35. The predicted octanol–water partition coefficient (Wildman–Crippen LogP) is 4.28. The molecular weight excluding hydrogens is 445 g/mol. The van der Waals surface area contributed by atoms with Crippen molar-refractivity contribution in [3.8, 4) is 5.75 Å². The van der Waals surface area contributed by atoms with E-state index in [0.29, 0.717) is 52.5 Å². The number of esters is 1. The number of carbonyl (C=O) groups excluding carboxylic acids is 2. The summed E-state index contributed by atoms with van der Waals surface area (Å²) in [4.78, 5) is 23.7. The maximum atomic E-state index is 12.2. The van der Waals surface area contributed by atoms with Gasteiger partial charge in [0.2, 0.25) is 0 Å². The molecule has 0 aliphatic heterocycles. The molecule has 0 fully saturated rings. The van der Waals surface area contributed by atoms with Crippen LogP contribution in [0.5, 0.6) is 5.75 Å². The Labute approximate surface area is 189 Å². The van der Waals surface area contributed by atoms with Gasteiger partial charge in [-0.15, -0.1) is 0 Å². The van der Waals surface area contributed by atoms with Gasteiger partial charge in [0.1, 0.15) is 28.3 Å². The molecule has 2 aromatic heterocycles. The first-order valence-electron chi connectivity index (χ1n) is 9.45. The number of furan rings is 1. The average molecular weight is 466 g/mol. The molecule has 0 unspecified atom stereocenters. The lowest BCUT2D eigenvalue weighted by Gasteiger charge is -2.06. The van der Waals surface area contributed by atoms with E-state index in [0.717, 1.165) is 0 Å². The summed E-state index contributed by atoms with van der Waals surface area (Å²) in [5, 5.41) is 7.85. The summed E-state index contributed by atoms with van der Waals surface area (Å²) in [6.45, 7) is 2.87. The SMILES string of the molecule is COC(=O)c1ccc(OCc2ccc(C(=O)NCCCn3nc(C)c(Cl)c3Cl)o2)cc1. The Bertz CT molecular complexity index is 1060. The summed E-state index contributed by atoms with van der Waals surface area (Å²) < 4.78 is 17.4. The van der Waals surface area contributed by atoms with E-state index in [-0.39, 0.29) is 18.3 Å². The molecule has 164 valence electrons. The first-order chi connectivity index (χ1) is 14.9. The highest BCUT2D eigenvalue weighted by atomic mass is 35.5. The quantitative estimate of drug-likeness (QED) is 0.374. The summed E-state index contributed by atoms with van der Waals surface area (Å²) in [5.74, 6) is 0.503. The van der Waals surface area contributed by atoms with Crippen LogP contribution in [0.15, 0.2) is 40.8 Å². The largest absolute Gasteiger partial charge is 0.486 e. The fourth-order valence-corrected chi connectivity index (χ4v) is 3.13. The van der Waals surface area contributed by atoms with Crippen LogP contribution >= 0.6 is 23.2 Å². The molecule has 8 nitrogen and oxygen atoms in total. The molecule has 0 aliphatic rings. The van der Waals surface area contributed by atoms with Crippen molar-refractivity contribution in [2.75, 3.05) is 13.7 Å². The number of nitrogens with zero attached hydrogens (tertiary/aromatic N) is 2. The predicted molar refractivity (Wildman–Crippen MR) is 115 cm³/mol. The van der Waals surface area contributed by atoms with Crippen molar-refractivity contribution in [3.63, 3.8) is 0 Å². The van der Waals surface area contributed by atoms with Crippen LogP contribution in [0.3, 0.4) is 0 Å². The number of halogens is 2. The van der Waals surface area contributed by atoms with Crippen molar-refractivity contribution in [1.82, 2.24) is 15.1 Å². The molecule has 1 N–H and O–H groups in total. The summed E-state index contributed by atoms with van der Waals surface area (Å²) >= 11 is 12.1. The third-order valence-electron chi connectivity index (χ3n) is 4.37. The zero-order valence-corrected chi connectivity index (χ0v) is 18.5. The Balaban J connectivity index is 1.43. The first kappa shape index (κ1) is 22.7. The van der Waals surface area contributed by atoms with Crippen LogP contribution in [0.2, 0.25) is 10.2 Å². The van der Waals surface area contributed by atoms with Crippen molar-refractivity contribution in [2.24, 2.45) is 0 Å². The van der Waals surface area contributed by atoms with Crippen LogP contribution in [0, 0.1) is 6.92 Å². The third kappa shape index (κ3) is 5.80. The van der Waals surface area contributed by atoms with Gasteiger partial charge in [-0.25, -0.2) is 4.79 Å². The van der Waals surface area contributed by atoms with E-state index in [2.05, 4.69) is 15.2 Å². The van der Waals surface area contributed by atoms with Crippen LogP contribution in [0.4, 0.5) is 0 Å². The van der Waals surface area contributed by atoms with Gasteiger partial charge < -0.3 is 19.2 Å². The molecule has 0 radical (unpaired) electrons. The number of hydrogen-bond donors (Lipinski definition) is 1. The number of rotatable bonds is 9. The minimum absolute atomic E-state index is 0.142. The van der Waals surface area contributed by atoms with Crippen molar-refractivity contribution in [1.29, 1.82) is 0 Å². The number of aromatic nitrogens is 2. The van der Waals surface area contributed by atoms with Crippen LogP contribution in [0.25, 0.3) is 0 Å². The number of nitrogens with one attached hydrogen (secondary N) is 1. The van der Waals surface area contributed by atoms with Crippen molar-refractivity contribution >= 4 is 35.1 Å². The fourth-order valence-electron chi connectivity index (χ4n) is 2.73. The standard InChI is InChI=1S/C21H21Cl2N3O5/c1-13-18(22)19(23)26(25-13)11-3-10-24-20(27)17-9-8-16(31-17)12-30-15-6-4-14(5-7-15)21(28)29-2/h4-9H,3,10-12H2,1-2H3,(H,24,27). The number of aryl methyl sites for hydroxylation is 2. The topological polar surface area (TPSA) is 95.6 Å². The molecule has 1 aromatic carbocycles. The maximum absolute atomic E-state index is 12.2. The highest BCUT2D eigenvalue weighted by molar-refractivity contribution is 6.41. The smallest absolute Gasteiger partial charge is 0.337 e. The Morgan fingerprint density at radius 3 is 2.55 bits per heavy atom. The lowest BCUT2D eigenvalue weighted by atomic mass is 10.2. The zero-order chi connectivity index (χ0) is 22.4. The maximum Gasteiger partial charge on any atom is 0.337 e. The molecule has 3 aromatic rings. The number of benzene rings is 1. The normalized spacial score (nSPS) is 10.7. The van der Waals surface area contributed by atoms with E-state index in [1.807, 2.05) is 0 Å². The van der Waals surface area contributed by atoms with Gasteiger partial charge >= 0.3 is 5.97 Å². The molecule has 0 spiro atoms. The van der Waals surface area contributed by atoms with E-state index < -0.39 is 5.97 Å². The Morgan fingerprint density at radius 2 is 1.90 bits per heavy atom. The van der Waals surface area contributed by atoms with E-state index in [1.165, 1.54) is 7.11 Å². The highest BCUT2D eigenvalue weighted by Crippen LogP contribution is 2.25. The molecule has 3 rings (SSSR count). The molecule has 0 aliphatic carbocycles. The molecule has 0 saturated heterocycles. The number of methoxy groups -OCH3 is 1. The highest BCUT2D eigenvalue weighted by Gasteiger charge is 2.13. The second kappa shape index (κ2) is 10.4. The van der Waals surface area contributed by atoms with E-state index in [4.69, 9.17) is 32.4 Å². The van der Waals surface area contributed by atoms with Crippen molar-refractivity contribution in [3.05, 3.63) is 69.4 Å². The molecule has 31 heavy (non-hydrogen) atoms. The van der Waals surface area contributed by atoms with Crippen molar-refractivity contribution in [2.45, 2.75) is 26.5 Å². The summed E-state index contributed by atoms with van der Waals surface area (Å²) in [6, 6.07) is 9.78. The van der Waals surface area contributed by atoms with Gasteiger partial charge in [0.25, 0.3) is 5.91 Å². The van der Waals surface area contributed by atoms with Crippen LogP contribution in [0.1, 0.15) is 38.8 Å². The number of amides is 1. The van der Waals surface area contributed by atoms with Gasteiger partial charge in [0.05, 0.1) is 18.4 Å². The van der Waals surface area contributed by atoms with Gasteiger partial charge in [0, 0.05) is 13.1 Å².